The summed E-state index contributed by atoms with van der Waals surface area (Å²) in [5, 5.41) is 10.5. The Bertz CT molecular complexity index is 459. The van der Waals surface area contributed by atoms with Gasteiger partial charge in [-0.05, 0) is 50.4 Å². The van der Waals surface area contributed by atoms with Crippen LogP contribution in [-0.4, -0.2) is 53.7 Å². The van der Waals surface area contributed by atoms with E-state index < -0.39 is 0 Å². The molecule has 2 fully saturated rings. The van der Waals surface area contributed by atoms with Gasteiger partial charge in [-0.3, -0.25) is 9.80 Å². The van der Waals surface area contributed by atoms with Gasteiger partial charge in [-0.2, -0.15) is 0 Å². The second kappa shape index (κ2) is 6.47. The molecule has 0 saturated carbocycles. The first kappa shape index (κ1) is 15.0. The summed E-state index contributed by atoms with van der Waals surface area (Å²) in [6.45, 7) is 5.16. The minimum absolute atomic E-state index is 0.363. The molecule has 0 aliphatic carbocycles. The Labute approximate surface area is 128 Å². The number of rotatable bonds is 4. The van der Waals surface area contributed by atoms with Crippen LogP contribution in [0.2, 0.25) is 0 Å². The molecule has 1 aromatic rings. The molecule has 3 rings (SSSR count). The molecule has 0 amide bonds. The molecule has 3 atom stereocenters. The van der Waals surface area contributed by atoms with Crippen LogP contribution in [-0.2, 0) is 6.42 Å². The van der Waals surface area contributed by atoms with Gasteiger partial charge in [-0.15, -0.1) is 0 Å². The molecule has 3 heteroatoms. The Hall–Kier alpha value is -0.900. The zero-order chi connectivity index (χ0) is 14.8. The Balaban J connectivity index is 1.60. The number of aliphatic hydroxyl groups excluding tert-OH is 1. The number of β-amino-alcohol motifs (C(OH)–C–C–N with tert-alkyl or cyclic N) is 1. The lowest BCUT2D eigenvalue weighted by Crippen LogP contribution is -2.38. The van der Waals surface area contributed by atoms with E-state index in [1.807, 2.05) is 0 Å². The highest BCUT2D eigenvalue weighted by Crippen LogP contribution is 2.29. The maximum absolute atomic E-state index is 10.5. The average Bonchev–Trinajstić information content (AvgIpc) is 2.75. The van der Waals surface area contributed by atoms with E-state index in [4.69, 9.17) is 0 Å². The SMILES string of the molecule is CCc1ccc(C(O)CN2CCC3CCC(C2)N3C)cc1. The van der Waals surface area contributed by atoms with Gasteiger partial charge in [0.2, 0.25) is 0 Å². The Morgan fingerprint density at radius 3 is 2.57 bits per heavy atom. The fourth-order valence-corrected chi connectivity index (χ4v) is 3.87. The van der Waals surface area contributed by atoms with Gasteiger partial charge >= 0.3 is 0 Å². The molecule has 2 saturated heterocycles. The third kappa shape index (κ3) is 3.31. The molecule has 0 aromatic heterocycles. The zero-order valence-electron chi connectivity index (χ0n) is 13.3. The molecule has 3 nitrogen and oxygen atoms in total. The van der Waals surface area contributed by atoms with E-state index in [1.54, 1.807) is 0 Å². The van der Waals surface area contributed by atoms with Crippen LogP contribution in [0.1, 0.15) is 43.4 Å². The minimum Gasteiger partial charge on any atom is -0.387 e. The summed E-state index contributed by atoms with van der Waals surface area (Å²) in [6.07, 6.45) is 4.61. The van der Waals surface area contributed by atoms with Gasteiger partial charge in [-0.1, -0.05) is 31.2 Å². The third-order valence-electron chi connectivity index (χ3n) is 5.44. The monoisotopic (exact) mass is 288 g/mol. The Kier molecular flexibility index (Phi) is 4.63. The maximum Gasteiger partial charge on any atom is 0.0916 e. The fraction of sp³-hybridized carbons (Fsp3) is 0.667. The molecule has 116 valence electrons. The van der Waals surface area contributed by atoms with Crippen molar-refractivity contribution in [2.24, 2.45) is 0 Å². The molecule has 2 bridgehead atoms. The standard InChI is InChI=1S/C18H28N2O/c1-3-14-4-6-15(7-5-14)18(21)13-20-11-10-16-8-9-17(12-20)19(16)2/h4-7,16-18,21H,3,8-13H2,1-2H3. The van der Waals surface area contributed by atoms with Crippen molar-refractivity contribution in [3.63, 3.8) is 0 Å². The lowest BCUT2D eigenvalue weighted by molar-refractivity contribution is 0.107. The second-order valence-corrected chi connectivity index (χ2v) is 6.71. The van der Waals surface area contributed by atoms with E-state index in [2.05, 4.69) is 48.0 Å². The summed E-state index contributed by atoms with van der Waals surface area (Å²) in [7, 11) is 2.27. The highest BCUT2D eigenvalue weighted by atomic mass is 16.3. The van der Waals surface area contributed by atoms with Gasteiger partial charge in [0.25, 0.3) is 0 Å². The smallest absolute Gasteiger partial charge is 0.0916 e. The second-order valence-electron chi connectivity index (χ2n) is 6.71. The topological polar surface area (TPSA) is 26.7 Å². The van der Waals surface area contributed by atoms with Crippen molar-refractivity contribution in [3.8, 4) is 0 Å². The van der Waals surface area contributed by atoms with E-state index >= 15 is 0 Å². The Morgan fingerprint density at radius 2 is 1.86 bits per heavy atom. The first-order valence-electron chi connectivity index (χ1n) is 8.38. The van der Waals surface area contributed by atoms with Gasteiger partial charge in [0, 0.05) is 25.2 Å². The predicted molar refractivity (Wildman–Crippen MR) is 86.4 cm³/mol. The normalized spacial score (nSPS) is 28.5. The van der Waals surface area contributed by atoms with Crippen molar-refractivity contribution in [2.45, 2.75) is 50.8 Å². The zero-order valence-corrected chi connectivity index (χ0v) is 13.3. The summed E-state index contributed by atoms with van der Waals surface area (Å²) in [5.74, 6) is 0. The van der Waals surface area contributed by atoms with Gasteiger partial charge < -0.3 is 5.11 Å². The van der Waals surface area contributed by atoms with E-state index in [0.717, 1.165) is 37.7 Å². The molecule has 2 aliphatic rings. The molecule has 2 heterocycles. The number of benzene rings is 1. The van der Waals surface area contributed by atoms with Crippen molar-refractivity contribution in [3.05, 3.63) is 35.4 Å². The average molecular weight is 288 g/mol. The van der Waals surface area contributed by atoms with Crippen molar-refractivity contribution < 1.29 is 5.11 Å². The number of aliphatic hydroxyl groups is 1. The van der Waals surface area contributed by atoms with Crippen LogP contribution < -0.4 is 0 Å². The van der Waals surface area contributed by atoms with Crippen molar-refractivity contribution >= 4 is 0 Å². The van der Waals surface area contributed by atoms with Gasteiger partial charge in [0.05, 0.1) is 6.10 Å². The van der Waals surface area contributed by atoms with Crippen LogP contribution in [0.4, 0.5) is 0 Å². The maximum atomic E-state index is 10.5. The van der Waals surface area contributed by atoms with Gasteiger partial charge in [0.1, 0.15) is 0 Å². The van der Waals surface area contributed by atoms with E-state index in [0.29, 0.717) is 6.04 Å². The van der Waals surface area contributed by atoms with Crippen LogP contribution in [0.5, 0.6) is 0 Å². The van der Waals surface area contributed by atoms with Crippen molar-refractivity contribution in [1.29, 1.82) is 0 Å². The summed E-state index contributed by atoms with van der Waals surface area (Å²) in [5.41, 5.74) is 2.38. The fourth-order valence-electron chi connectivity index (χ4n) is 3.87. The number of fused-ring (bicyclic) bond motifs is 2. The molecule has 1 N–H and O–H groups in total. The Morgan fingerprint density at radius 1 is 1.14 bits per heavy atom. The van der Waals surface area contributed by atoms with Crippen LogP contribution >= 0.6 is 0 Å². The van der Waals surface area contributed by atoms with Crippen LogP contribution in [0.15, 0.2) is 24.3 Å². The molecule has 3 unspecified atom stereocenters. The minimum atomic E-state index is -0.363. The van der Waals surface area contributed by atoms with E-state index in [1.165, 1.54) is 24.8 Å². The number of likely N-dealkylation sites (tertiary alicyclic amines) is 1. The largest absolute Gasteiger partial charge is 0.387 e. The lowest BCUT2D eigenvalue weighted by Gasteiger charge is -2.27. The van der Waals surface area contributed by atoms with Crippen molar-refractivity contribution in [2.75, 3.05) is 26.7 Å². The number of aryl methyl sites for hydroxylation is 1. The summed E-state index contributed by atoms with van der Waals surface area (Å²) in [4.78, 5) is 5.02. The molecule has 0 radical (unpaired) electrons. The summed E-state index contributed by atoms with van der Waals surface area (Å²) >= 11 is 0. The predicted octanol–water partition coefficient (Wildman–Crippen LogP) is 2.45. The molecular formula is C18H28N2O. The van der Waals surface area contributed by atoms with Crippen LogP contribution in [0, 0.1) is 0 Å². The number of likely N-dealkylation sites (N-methyl/N-ethyl adjacent to an activating group) is 1. The molecule has 2 aliphatic heterocycles. The molecular weight excluding hydrogens is 260 g/mol. The highest BCUT2D eigenvalue weighted by molar-refractivity contribution is 5.24. The quantitative estimate of drug-likeness (QED) is 0.922. The van der Waals surface area contributed by atoms with Crippen molar-refractivity contribution in [1.82, 2.24) is 9.80 Å². The summed E-state index contributed by atoms with van der Waals surface area (Å²) in [6, 6.07) is 9.89. The van der Waals surface area contributed by atoms with Crippen LogP contribution in [0.3, 0.4) is 0 Å². The van der Waals surface area contributed by atoms with Gasteiger partial charge in [0.15, 0.2) is 0 Å². The third-order valence-corrected chi connectivity index (χ3v) is 5.44. The number of hydrogen-bond acceptors (Lipinski definition) is 3. The van der Waals surface area contributed by atoms with Gasteiger partial charge in [-0.25, -0.2) is 0 Å². The molecule has 1 aromatic carbocycles. The van der Waals surface area contributed by atoms with E-state index in [9.17, 15) is 5.11 Å². The number of nitrogens with zero attached hydrogens (tertiary/aromatic N) is 2. The lowest BCUT2D eigenvalue weighted by atomic mass is 10.0. The summed E-state index contributed by atoms with van der Waals surface area (Å²) < 4.78 is 0. The molecule has 21 heavy (non-hydrogen) atoms. The first-order chi connectivity index (χ1) is 10.2. The van der Waals surface area contributed by atoms with E-state index in [-0.39, 0.29) is 6.10 Å². The highest BCUT2D eigenvalue weighted by Gasteiger charge is 2.34. The first-order valence-corrected chi connectivity index (χ1v) is 8.38. The van der Waals surface area contributed by atoms with Crippen LogP contribution in [0.25, 0.3) is 0 Å². The number of hydrogen-bond donors (Lipinski definition) is 1. The molecule has 0 spiro atoms.